The monoisotopic (exact) mass is 207 g/mol. The van der Waals surface area contributed by atoms with E-state index in [0.29, 0.717) is 23.3 Å². The maximum Gasteiger partial charge on any atom is 0.0492 e. The van der Waals surface area contributed by atoms with Crippen molar-refractivity contribution in [2.24, 2.45) is 17.1 Å². The van der Waals surface area contributed by atoms with E-state index in [1.165, 1.54) is 5.69 Å². The van der Waals surface area contributed by atoms with Gasteiger partial charge in [0.25, 0.3) is 0 Å². The van der Waals surface area contributed by atoms with Crippen LogP contribution in [0, 0.1) is 11.3 Å². The van der Waals surface area contributed by atoms with Gasteiger partial charge in [-0.25, -0.2) is 0 Å². The molecule has 2 unspecified atom stereocenters. The number of hydrogen-bond donors (Lipinski definition) is 1. The van der Waals surface area contributed by atoms with E-state index < -0.39 is 0 Å². The molecule has 1 aromatic rings. The van der Waals surface area contributed by atoms with Gasteiger partial charge in [-0.1, -0.05) is 13.8 Å². The SMILES string of the molecule is CC(C)n1nccc1C1C(CN)C1(C)C. The number of nitrogens with zero attached hydrogens (tertiary/aromatic N) is 2. The molecule has 0 amide bonds. The molecule has 2 rings (SSSR count). The van der Waals surface area contributed by atoms with Crippen LogP contribution in [0.5, 0.6) is 0 Å². The van der Waals surface area contributed by atoms with Gasteiger partial charge < -0.3 is 5.73 Å². The molecular weight excluding hydrogens is 186 g/mol. The summed E-state index contributed by atoms with van der Waals surface area (Å²) in [4.78, 5) is 0. The third-order valence-electron chi connectivity index (χ3n) is 3.81. The lowest BCUT2D eigenvalue weighted by Gasteiger charge is -2.11. The number of rotatable bonds is 3. The molecule has 1 heterocycles. The van der Waals surface area contributed by atoms with Gasteiger partial charge in [0.2, 0.25) is 0 Å². The second-order valence-electron chi connectivity index (χ2n) is 5.44. The Labute approximate surface area is 91.7 Å². The molecule has 0 aromatic carbocycles. The largest absolute Gasteiger partial charge is 0.330 e. The van der Waals surface area contributed by atoms with E-state index >= 15 is 0 Å². The molecule has 0 radical (unpaired) electrons. The van der Waals surface area contributed by atoms with Crippen molar-refractivity contribution in [1.82, 2.24) is 9.78 Å². The highest BCUT2D eigenvalue weighted by molar-refractivity contribution is 5.26. The fourth-order valence-corrected chi connectivity index (χ4v) is 2.77. The Morgan fingerprint density at radius 3 is 2.67 bits per heavy atom. The van der Waals surface area contributed by atoms with Crippen LogP contribution in [0.25, 0.3) is 0 Å². The Balaban J connectivity index is 2.29. The average Bonchev–Trinajstić information content (AvgIpc) is 2.57. The zero-order valence-electron chi connectivity index (χ0n) is 10.1. The maximum absolute atomic E-state index is 5.80. The Morgan fingerprint density at radius 1 is 1.53 bits per heavy atom. The number of nitrogens with two attached hydrogens (primary N) is 1. The van der Waals surface area contributed by atoms with Gasteiger partial charge in [-0.05, 0) is 37.8 Å². The first-order chi connectivity index (χ1) is 7.00. The number of aromatic nitrogens is 2. The Kier molecular flexibility index (Phi) is 2.38. The average molecular weight is 207 g/mol. The van der Waals surface area contributed by atoms with Crippen molar-refractivity contribution in [1.29, 1.82) is 0 Å². The van der Waals surface area contributed by atoms with E-state index in [1.54, 1.807) is 0 Å². The molecule has 0 aliphatic heterocycles. The minimum absolute atomic E-state index is 0.349. The molecule has 1 fully saturated rings. The van der Waals surface area contributed by atoms with Crippen molar-refractivity contribution in [3.8, 4) is 0 Å². The minimum Gasteiger partial charge on any atom is -0.330 e. The van der Waals surface area contributed by atoms with Crippen LogP contribution in [0.1, 0.15) is 45.3 Å². The summed E-state index contributed by atoms with van der Waals surface area (Å²) >= 11 is 0. The Morgan fingerprint density at radius 2 is 2.20 bits per heavy atom. The molecule has 0 saturated heterocycles. The van der Waals surface area contributed by atoms with E-state index in [2.05, 4.69) is 43.5 Å². The normalized spacial score (nSPS) is 28.4. The van der Waals surface area contributed by atoms with Crippen molar-refractivity contribution in [3.63, 3.8) is 0 Å². The lowest BCUT2D eigenvalue weighted by Crippen LogP contribution is -2.08. The molecule has 1 aliphatic rings. The lowest BCUT2D eigenvalue weighted by molar-refractivity contribution is 0.494. The lowest BCUT2D eigenvalue weighted by atomic mass is 10.1. The first-order valence-corrected chi connectivity index (χ1v) is 5.73. The van der Waals surface area contributed by atoms with Crippen LogP contribution < -0.4 is 5.73 Å². The molecule has 3 nitrogen and oxygen atoms in total. The van der Waals surface area contributed by atoms with Crippen molar-refractivity contribution in [2.75, 3.05) is 6.54 Å². The van der Waals surface area contributed by atoms with Crippen LogP contribution in [0.3, 0.4) is 0 Å². The summed E-state index contributed by atoms with van der Waals surface area (Å²) in [6.45, 7) is 9.72. The molecule has 1 saturated carbocycles. The molecule has 15 heavy (non-hydrogen) atoms. The maximum atomic E-state index is 5.80. The zero-order chi connectivity index (χ0) is 11.2. The molecular formula is C12H21N3. The van der Waals surface area contributed by atoms with Gasteiger partial charge in [-0.2, -0.15) is 5.10 Å². The van der Waals surface area contributed by atoms with E-state index in [-0.39, 0.29) is 0 Å². The van der Waals surface area contributed by atoms with E-state index in [1.807, 2.05) is 6.20 Å². The molecule has 0 bridgehead atoms. The number of hydrogen-bond acceptors (Lipinski definition) is 2. The van der Waals surface area contributed by atoms with Crippen molar-refractivity contribution in [2.45, 2.75) is 39.7 Å². The van der Waals surface area contributed by atoms with Crippen LogP contribution in [0.15, 0.2) is 12.3 Å². The topological polar surface area (TPSA) is 43.8 Å². The third-order valence-corrected chi connectivity index (χ3v) is 3.81. The highest BCUT2D eigenvalue weighted by Crippen LogP contribution is 2.63. The van der Waals surface area contributed by atoms with Crippen LogP contribution >= 0.6 is 0 Å². The molecule has 2 N–H and O–H groups in total. The van der Waals surface area contributed by atoms with Gasteiger partial charge in [0.15, 0.2) is 0 Å². The second kappa shape index (κ2) is 3.34. The second-order valence-corrected chi connectivity index (χ2v) is 5.44. The van der Waals surface area contributed by atoms with Gasteiger partial charge in [0, 0.05) is 23.9 Å². The standard InChI is InChI=1S/C12H21N3/c1-8(2)15-10(5-6-14-15)11-9(7-13)12(11,3)4/h5-6,8-9,11H,7,13H2,1-4H3. The quantitative estimate of drug-likeness (QED) is 0.825. The molecule has 1 aromatic heterocycles. The van der Waals surface area contributed by atoms with Gasteiger partial charge in [-0.15, -0.1) is 0 Å². The summed E-state index contributed by atoms with van der Waals surface area (Å²) in [6, 6.07) is 2.58. The first-order valence-electron chi connectivity index (χ1n) is 5.73. The summed E-state index contributed by atoms with van der Waals surface area (Å²) in [7, 11) is 0. The fourth-order valence-electron chi connectivity index (χ4n) is 2.77. The molecule has 3 heteroatoms. The third kappa shape index (κ3) is 1.49. The van der Waals surface area contributed by atoms with E-state index in [4.69, 9.17) is 5.73 Å². The molecule has 0 spiro atoms. The van der Waals surface area contributed by atoms with Crippen molar-refractivity contribution < 1.29 is 0 Å². The predicted molar refractivity (Wildman–Crippen MR) is 61.7 cm³/mol. The van der Waals surface area contributed by atoms with E-state index in [0.717, 1.165) is 6.54 Å². The Hall–Kier alpha value is -0.830. The molecule has 1 aliphatic carbocycles. The van der Waals surface area contributed by atoms with Gasteiger partial charge in [-0.3, -0.25) is 4.68 Å². The van der Waals surface area contributed by atoms with Crippen LogP contribution in [0.2, 0.25) is 0 Å². The smallest absolute Gasteiger partial charge is 0.0492 e. The Bertz CT molecular complexity index is 352. The highest BCUT2D eigenvalue weighted by Gasteiger charge is 2.58. The van der Waals surface area contributed by atoms with E-state index in [9.17, 15) is 0 Å². The molecule has 84 valence electrons. The molecule has 2 atom stereocenters. The summed E-state index contributed by atoms with van der Waals surface area (Å²) in [5.74, 6) is 1.21. The summed E-state index contributed by atoms with van der Waals surface area (Å²) in [5.41, 5.74) is 7.50. The minimum atomic E-state index is 0.349. The predicted octanol–water partition coefficient (Wildman–Crippen LogP) is 2.16. The fraction of sp³-hybridized carbons (Fsp3) is 0.750. The first kappa shape index (κ1) is 10.7. The van der Waals surface area contributed by atoms with Gasteiger partial charge in [0.05, 0.1) is 0 Å². The summed E-state index contributed by atoms with van der Waals surface area (Å²) in [6.07, 6.45) is 1.90. The summed E-state index contributed by atoms with van der Waals surface area (Å²) < 4.78 is 2.13. The zero-order valence-corrected chi connectivity index (χ0v) is 10.1. The van der Waals surface area contributed by atoms with Gasteiger partial charge >= 0.3 is 0 Å². The van der Waals surface area contributed by atoms with Crippen molar-refractivity contribution in [3.05, 3.63) is 18.0 Å². The summed E-state index contributed by atoms with van der Waals surface area (Å²) in [5, 5.41) is 4.39. The van der Waals surface area contributed by atoms with Crippen LogP contribution in [0.4, 0.5) is 0 Å². The van der Waals surface area contributed by atoms with Crippen LogP contribution in [-0.4, -0.2) is 16.3 Å². The van der Waals surface area contributed by atoms with Crippen molar-refractivity contribution >= 4 is 0 Å². The highest BCUT2D eigenvalue weighted by atomic mass is 15.3. The van der Waals surface area contributed by atoms with Crippen LogP contribution in [-0.2, 0) is 0 Å². The van der Waals surface area contributed by atoms with Gasteiger partial charge in [0.1, 0.15) is 0 Å².